The number of hydrogen-bond donors (Lipinski definition) is 0. The number of para-hydroxylation sites is 2. The fraction of sp³-hybridized carbons (Fsp3) is 0.0175. The third-order valence-electron chi connectivity index (χ3n) is 13.0. The normalized spacial score (nSPS) is 14.7. The van der Waals surface area contributed by atoms with Gasteiger partial charge in [-0.15, -0.1) is 0 Å². The Morgan fingerprint density at radius 1 is 0.350 bits per heavy atom. The molecule has 0 saturated heterocycles. The number of fused-ring (bicyclic) bond motifs is 14. The van der Waals surface area contributed by atoms with Crippen molar-refractivity contribution in [2.24, 2.45) is 0 Å². The van der Waals surface area contributed by atoms with Gasteiger partial charge in [0.15, 0.2) is 5.82 Å². The van der Waals surface area contributed by atoms with E-state index in [1.807, 2.05) is 0 Å². The fourth-order valence-corrected chi connectivity index (χ4v) is 10.5. The van der Waals surface area contributed by atoms with Crippen molar-refractivity contribution < 1.29 is 0 Å². The Balaban J connectivity index is 1.07. The summed E-state index contributed by atoms with van der Waals surface area (Å²) in [4.78, 5) is 11.2. The zero-order valence-corrected chi connectivity index (χ0v) is 32.5. The van der Waals surface area contributed by atoms with Crippen LogP contribution < -0.4 is 0 Å². The van der Waals surface area contributed by atoms with Gasteiger partial charge in [-0.25, -0.2) is 9.97 Å². The monoisotopic (exact) mass is 761 g/mol. The number of hydrogen-bond acceptors (Lipinski definition) is 2. The molecule has 9 aromatic carbocycles. The Labute approximate surface area is 347 Å². The summed E-state index contributed by atoms with van der Waals surface area (Å²) in [6.45, 7) is 0. The van der Waals surface area contributed by atoms with Crippen LogP contribution in [0, 0.1) is 0 Å². The summed E-state index contributed by atoms with van der Waals surface area (Å²) in [5, 5.41) is 4.89. The van der Waals surface area contributed by atoms with Crippen LogP contribution in [-0.4, -0.2) is 14.5 Å². The van der Waals surface area contributed by atoms with E-state index in [0.29, 0.717) is 0 Å². The van der Waals surface area contributed by atoms with E-state index in [0.717, 1.165) is 45.2 Å². The van der Waals surface area contributed by atoms with E-state index >= 15 is 0 Å². The molecule has 0 fully saturated rings. The summed E-state index contributed by atoms with van der Waals surface area (Å²) < 4.78 is 2.38. The van der Waals surface area contributed by atoms with Crippen molar-refractivity contribution >= 4 is 32.6 Å². The van der Waals surface area contributed by atoms with Crippen molar-refractivity contribution in [3.8, 4) is 61.8 Å². The second-order valence-electron chi connectivity index (χ2n) is 16.0. The van der Waals surface area contributed by atoms with Gasteiger partial charge in [-0.2, -0.15) is 0 Å². The standard InChI is InChI=1S/C57H35N3/c1-2-16-38(17-3-1)56-58-54(46-24-14-18-37-15-4-5-19-41(37)46)53-55(59-56)47-23-7-11-26-49(47)57(53)48-25-10-6-20-42(48)43-34-31-39(35-50(43)57)36-29-32-40(33-30-36)60-51-27-12-8-21-44(51)45-22-9-13-28-52(45)60/h1-35H. The first-order chi connectivity index (χ1) is 29.8. The van der Waals surface area contributed by atoms with Crippen LogP contribution in [0.3, 0.4) is 0 Å². The van der Waals surface area contributed by atoms with Gasteiger partial charge >= 0.3 is 0 Å². The highest BCUT2D eigenvalue weighted by atomic mass is 15.0. The van der Waals surface area contributed by atoms with E-state index in [2.05, 4.69) is 217 Å². The lowest BCUT2D eigenvalue weighted by atomic mass is 9.69. The molecule has 0 radical (unpaired) electrons. The molecule has 0 N–H and O–H groups in total. The molecular formula is C57H35N3. The first kappa shape index (κ1) is 33.1. The SMILES string of the molecule is c1ccc(-c2nc3c(c(-c4cccc5ccccc45)n2)C2(c4ccccc4-c4ccc(-c5ccc(-n6c7ccccc7c7ccccc76)cc5)cc42)c2ccccc2-3)cc1. The van der Waals surface area contributed by atoms with Crippen LogP contribution in [0.4, 0.5) is 0 Å². The number of benzene rings is 9. The molecule has 278 valence electrons. The van der Waals surface area contributed by atoms with Gasteiger partial charge < -0.3 is 4.57 Å². The molecular weight excluding hydrogens is 727 g/mol. The summed E-state index contributed by atoms with van der Waals surface area (Å²) in [7, 11) is 0. The Morgan fingerprint density at radius 3 is 1.63 bits per heavy atom. The van der Waals surface area contributed by atoms with Crippen LogP contribution in [0.1, 0.15) is 22.3 Å². The van der Waals surface area contributed by atoms with Gasteiger partial charge in [0.2, 0.25) is 0 Å². The van der Waals surface area contributed by atoms with Gasteiger partial charge in [0.05, 0.1) is 27.8 Å². The Morgan fingerprint density at radius 2 is 0.883 bits per heavy atom. The molecule has 1 atom stereocenters. The van der Waals surface area contributed by atoms with Crippen LogP contribution in [0.5, 0.6) is 0 Å². The molecule has 60 heavy (non-hydrogen) atoms. The molecule has 1 unspecified atom stereocenters. The highest BCUT2D eigenvalue weighted by Crippen LogP contribution is 2.64. The van der Waals surface area contributed by atoms with E-state index in [9.17, 15) is 0 Å². The quantitative estimate of drug-likeness (QED) is 0.179. The van der Waals surface area contributed by atoms with E-state index in [1.165, 1.54) is 71.5 Å². The molecule has 2 heterocycles. The minimum atomic E-state index is -0.654. The van der Waals surface area contributed by atoms with Crippen molar-refractivity contribution in [3.63, 3.8) is 0 Å². The lowest BCUT2D eigenvalue weighted by molar-refractivity contribution is 0.788. The zero-order valence-electron chi connectivity index (χ0n) is 32.5. The van der Waals surface area contributed by atoms with Gasteiger partial charge in [-0.1, -0.05) is 182 Å². The van der Waals surface area contributed by atoms with Gasteiger partial charge in [0, 0.05) is 38.7 Å². The summed E-state index contributed by atoms with van der Waals surface area (Å²) in [5.74, 6) is 0.729. The maximum atomic E-state index is 5.63. The summed E-state index contributed by atoms with van der Waals surface area (Å²) in [6, 6.07) is 77.2. The van der Waals surface area contributed by atoms with Crippen LogP contribution >= 0.6 is 0 Å². The molecule has 3 heteroatoms. The van der Waals surface area contributed by atoms with Crippen molar-refractivity contribution in [2.75, 3.05) is 0 Å². The summed E-state index contributed by atoms with van der Waals surface area (Å²) >= 11 is 0. The highest BCUT2D eigenvalue weighted by molar-refractivity contribution is 6.09. The van der Waals surface area contributed by atoms with Crippen LogP contribution in [-0.2, 0) is 5.41 Å². The topological polar surface area (TPSA) is 30.7 Å². The fourth-order valence-electron chi connectivity index (χ4n) is 10.5. The van der Waals surface area contributed by atoms with E-state index in [-0.39, 0.29) is 0 Å². The lowest BCUT2D eigenvalue weighted by Gasteiger charge is -2.32. The zero-order chi connectivity index (χ0) is 39.4. The summed E-state index contributed by atoms with van der Waals surface area (Å²) in [6.07, 6.45) is 0. The molecule has 3 nitrogen and oxygen atoms in total. The van der Waals surface area contributed by atoms with Crippen LogP contribution in [0.25, 0.3) is 94.4 Å². The predicted octanol–water partition coefficient (Wildman–Crippen LogP) is 14.1. The van der Waals surface area contributed by atoms with Crippen molar-refractivity contribution in [2.45, 2.75) is 5.41 Å². The first-order valence-electron chi connectivity index (χ1n) is 20.7. The third-order valence-corrected chi connectivity index (χ3v) is 13.0. The predicted molar refractivity (Wildman–Crippen MR) is 246 cm³/mol. The third kappa shape index (κ3) is 4.49. The number of aromatic nitrogens is 3. The molecule has 0 amide bonds. The molecule has 13 rings (SSSR count). The second-order valence-corrected chi connectivity index (χ2v) is 16.0. The van der Waals surface area contributed by atoms with Gasteiger partial charge in [0.25, 0.3) is 0 Å². The Hall–Kier alpha value is -7.88. The van der Waals surface area contributed by atoms with Gasteiger partial charge in [0.1, 0.15) is 0 Å². The number of nitrogens with zero attached hydrogens (tertiary/aromatic N) is 3. The molecule has 2 aliphatic rings. The number of rotatable bonds is 4. The van der Waals surface area contributed by atoms with Crippen molar-refractivity contribution in [3.05, 3.63) is 235 Å². The molecule has 2 aromatic heterocycles. The molecule has 0 saturated carbocycles. The average Bonchev–Trinajstić information content (AvgIpc) is 3.93. The van der Waals surface area contributed by atoms with Crippen LogP contribution in [0.15, 0.2) is 212 Å². The molecule has 0 bridgehead atoms. The maximum absolute atomic E-state index is 5.63. The molecule has 11 aromatic rings. The molecule has 1 spiro atoms. The van der Waals surface area contributed by atoms with Gasteiger partial charge in [-0.3, -0.25) is 0 Å². The van der Waals surface area contributed by atoms with E-state index < -0.39 is 5.41 Å². The smallest absolute Gasteiger partial charge is 0.160 e. The largest absolute Gasteiger partial charge is 0.309 e. The van der Waals surface area contributed by atoms with Crippen molar-refractivity contribution in [1.29, 1.82) is 0 Å². The second kappa shape index (κ2) is 12.6. The Kier molecular flexibility index (Phi) is 6.93. The molecule has 0 aliphatic heterocycles. The minimum Gasteiger partial charge on any atom is -0.309 e. The van der Waals surface area contributed by atoms with Gasteiger partial charge in [-0.05, 0) is 80.0 Å². The maximum Gasteiger partial charge on any atom is 0.160 e. The van der Waals surface area contributed by atoms with Crippen LogP contribution in [0.2, 0.25) is 0 Å². The summed E-state index contributed by atoms with van der Waals surface area (Å²) in [5.41, 5.74) is 17.9. The van der Waals surface area contributed by atoms with E-state index in [1.54, 1.807) is 0 Å². The average molecular weight is 762 g/mol. The molecule has 2 aliphatic carbocycles. The van der Waals surface area contributed by atoms with E-state index in [4.69, 9.17) is 9.97 Å². The Bertz CT molecular complexity index is 3480. The minimum absolute atomic E-state index is 0.654. The first-order valence-corrected chi connectivity index (χ1v) is 20.7. The lowest BCUT2D eigenvalue weighted by Crippen LogP contribution is -2.27. The van der Waals surface area contributed by atoms with Crippen molar-refractivity contribution in [1.82, 2.24) is 14.5 Å². The highest BCUT2D eigenvalue weighted by Gasteiger charge is 2.54.